The number of rotatable bonds is 4. The molecule has 0 radical (unpaired) electrons. The standard InChI is InChI=1S/C46H28N2S2/c1-2-13-30(14-3-1)47(36-18-10-12-29-11-4-5-15-33(29)36)31-21-23-32(24-22-31)48-37-25-27-41-43(34-16-6-8-19-39(34)49-41)45(37)46-38(48)26-28-42-44(46)35-17-7-9-20-40(35)50-42/h1-28H. The van der Waals surface area contributed by atoms with E-state index in [1.165, 1.54) is 72.9 Å². The average Bonchev–Trinajstić information content (AvgIpc) is 3.85. The Kier molecular flexibility index (Phi) is 6.03. The predicted octanol–water partition coefficient (Wildman–Crippen LogP) is 14.1. The van der Waals surface area contributed by atoms with Crippen LogP contribution in [0.4, 0.5) is 17.1 Å². The number of thiophene rings is 2. The highest BCUT2D eigenvalue weighted by Crippen LogP contribution is 2.48. The summed E-state index contributed by atoms with van der Waals surface area (Å²) in [6.45, 7) is 0. The van der Waals surface area contributed by atoms with Gasteiger partial charge in [0.15, 0.2) is 0 Å². The van der Waals surface area contributed by atoms with E-state index in [4.69, 9.17) is 0 Å². The van der Waals surface area contributed by atoms with E-state index in [9.17, 15) is 0 Å². The molecule has 50 heavy (non-hydrogen) atoms. The second-order valence-electron chi connectivity index (χ2n) is 12.9. The van der Waals surface area contributed by atoms with Crippen LogP contribution in [0.1, 0.15) is 0 Å². The first-order valence-electron chi connectivity index (χ1n) is 16.9. The van der Waals surface area contributed by atoms with Crippen molar-refractivity contribution < 1.29 is 0 Å². The van der Waals surface area contributed by atoms with Crippen LogP contribution in [0.2, 0.25) is 0 Å². The number of aromatic nitrogens is 1. The van der Waals surface area contributed by atoms with Crippen molar-refractivity contribution in [2.24, 2.45) is 0 Å². The van der Waals surface area contributed by atoms with E-state index in [0.29, 0.717) is 0 Å². The maximum atomic E-state index is 2.48. The molecular weight excluding hydrogens is 645 g/mol. The van der Waals surface area contributed by atoms with Crippen LogP contribution in [0.5, 0.6) is 0 Å². The van der Waals surface area contributed by atoms with Crippen molar-refractivity contribution >= 4 is 113 Å². The van der Waals surface area contributed by atoms with E-state index in [1.54, 1.807) is 0 Å². The van der Waals surface area contributed by atoms with Crippen molar-refractivity contribution in [2.75, 3.05) is 4.90 Å². The van der Waals surface area contributed by atoms with Crippen LogP contribution in [0, 0.1) is 0 Å². The minimum Gasteiger partial charge on any atom is -0.310 e. The monoisotopic (exact) mass is 672 g/mol. The van der Waals surface area contributed by atoms with Crippen LogP contribution < -0.4 is 4.90 Å². The van der Waals surface area contributed by atoms with E-state index in [1.807, 2.05) is 22.7 Å². The maximum absolute atomic E-state index is 2.48. The van der Waals surface area contributed by atoms with Gasteiger partial charge in [-0.2, -0.15) is 0 Å². The van der Waals surface area contributed by atoms with E-state index in [-0.39, 0.29) is 0 Å². The molecule has 0 aliphatic carbocycles. The first-order chi connectivity index (χ1) is 24.8. The quantitative estimate of drug-likeness (QED) is 0.181. The lowest BCUT2D eigenvalue weighted by Gasteiger charge is -2.27. The summed E-state index contributed by atoms with van der Waals surface area (Å²) in [6, 6.07) is 62.1. The van der Waals surface area contributed by atoms with Crippen LogP contribution in [-0.2, 0) is 0 Å². The van der Waals surface area contributed by atoms with E-state index in [2.05, 4.69) is 179 Å². The molecule has 11 rings (SSSR count). The molecule has 0 spiro atoms. The summed E-state index contributed by atoms with van der Waals surface area (Å²) in [5, 5.41) is 10.5. The molecule has 234 valence electrons. The lowest BCUT2D eigenvalue weighted by Crippen LogP contribution is -2.10. The Morgan fingerprint density at radius 3 is 1.52 bits per heavy atom. The Morgan fingerprint density at radius 2 is 0.880 bits per heavy atom. The third-order valence-electron chi connectivity index (χ3n) is 10.2. The lowest BCUT2D eigenvalue weighted by molar-refractivity contribution is 1.18. The van der Waals surface area contributed by atoms with E-state index >= 15 is 0 Å². The zero-order chi connectivity index (χ0) is 32.8. The molecule has 0 unspecified atom stereocenters. The topological polar surface area (TPSA) is 8.17 Å². The zero-order valence-corrected chi connectivity index (χ0v) is 28.5. The number of nitrogens with zero attached hydrogens (tertiary/aromatic N) is 2. The molecule has 11 aromatic rings. The highest BCUT2D eigenvalue weighted by molar-refractivity contribution is 7.26. The Balaban J connectivity index is 1.19. The van der Waals surface area contributed by atoms with Crippen molar-refractivity contribution in [3.05, 3.63) is 170 Å². The van der Waals surface area contributed by atoms with Crippen LogP contribution in [0.3, 0.4) is 0 Å². The SMILES string of the molecule is c1ccc(N(c2ccc(-n3c4ccc5sc6ccccc6c5c4c4c5c(ccc43)sc3ccccc35)cc2)c2cccc3ccccc23)cc1. The fraction of sp³-hybridized carbons (Fsp3) is 0. The molecule has 0 saturated heterocycles. The van der Waals surface area contributed by atoms with Crippen LogP contribution in [-0.4, -0.2) is 4.57 Å². The average molecular weight is 673 g/mol. The highest BCUT2D eigenvalue weighted by Gasteiger charge is 2.22. The molecule has 3 heterocycles. The van der Waals surface area contributed by atoms with E-state index < -0.39 is 0 Å². The van der Waals surface area contributed by atoms with Gasteiger partial charge < -0.3 is 9.47 Å². The summed E-state index contributed by atoms with van der Waals surface area (Å²) in [4.78, 5) is 2.38. The first-order valence-corrected chi connectivity index (χ1v) is 18.6. The number of fused-ring (bicyclic) bond motifs is 12. The van der Waals surface area contributed by atoms with Gasteiger partial charge in [0.05, 0.1) is 16.7 Å². The number of hydrogen-bond acceptors (Lipinski definition) is 3. The van der Waals surface area contributed by atoms with Crippen LogP contribution >= 0.6 is 22.7 Å². The Hall–Kier alpha value is -5.94. The smallest absolute Gasteiger partial charge is 0.0548 e. The number of hydrogen-bond donors (Lipinski definition) is 0. The number of anilines is 3. The summed E-state index contributed by atoms with van der Waals surface area (Å²) in [5.74, 6) is 0. The molecule has 2 nitrogen and oxygen atoms in total. The maximum Gasteiger partial charge on any atom is 0.0548 e. The van der Waals surface area contributed by atoms with Crippen molar-refractivity contribution in [3.63, 3.8) is 0 Å². The third-order valence-corrected chi connectivity index (χ3v) is 12.4. The fourth-order valence-electron chi connectivity index (χ4n) is 8.06. The molecule has 0 amide bonds. The summed E-state index contributed by atoms with van der Waals surface area (Å²) in [5.41, 5.74) is 7.04. The minimum absolute atomic E-state index is 1.12. The predicted molar refractivity (Wildman–Crippen MR) is 219 cm³/mol. The molecule has 0 fully saturated rings. The molecule has 0 aliphatic rings. The molecule has 4 heteroatoms. The summed E-state index contributed by atoms with van der Waals surface area (Å²) in [6.07, 6.45) is 0. The summed E-state index contributed by atoms with van der Waals surface area (Å²) < 4.78 is 7.81. The van der Waals surface area contributed by atoms with E-state index in [0.717, 1.165) is 22.7 Å². The molecule has 0 aliphatic heterocycles. The van der Waals surface area contributed by atoms with Crippen LogP contribution in [0.15, 0.2) is 170 Å². The molecule has 0 bridgehead atoms. The van der Waals surface area contributed by atoms with Gasteiger partial charge in [0.25, 0.3) is 0 Å². The van der Waals surface area contributed by atoms with Gasteiger partial charge in [-0.1, -0.05) is 91.0 Å². The minimum atomic E-state index is 1.12. The number of para-hydroxylation sites is 1. The molecular formula is C46H28N2S2. The fourth-order valence-corrected chi connectivity index (χ4v) is 10.3. The summed E-state index contributed by atoms with van der Waals surface area (Å²) >= 11 is 3.78. The second-order valence-corrected chi connectivity index (χ2v) is 15.1. The van der Waals surface area contributed by atoms with Gasteiger partial charge in [-0.15, -0.1) is 22.7 Å². The normalized spacial score (nSPS) is 12.0. The van der Waals surface area contributed by atoms with Gasteiger partial charge in [-0.25, -0.2) is 0 Å². The van der Waals surface area contributed by atoms with Gasteiger partial charge in [0.1, 0.15) is 0 Å². The Labute approximate surface area is 296 Å². The zero-order valence-electron chi connectivity index (χ0n) is 26.9. The Morgan fingerprint density at radius 1 is 0.360 bits per heavy atom. The number of benzene rings is 8. The van der Waals surface area contributed by atoms with Crippen molar-refractivity contribution in [2.45, 2.75) is 0 Å². The van der Waals surface area contributed by atoms with Crippen molar-refractivity contribution in [1.82, 2.24) is 4.57 Å². The van der Waals surface area contributed by atoms with Crippen molar-refractivity contribution in [3.8, 4) is 5.69 Å². The van der Waals surface area contributed by atoms with Gasteiger partial charge in [0.2, 0.25) is 0 Å². The second kappa shape index (κ2) is 10.8. The Bertz CT molecular complexity index is 2960. The molecule has 8 aromatic carbocycles. The van der Waals surface area contributed by atoms with Gasteiger partial charge in [0, 0.05) is 73.6 Å². The van der Waals surface area contributed by atoms with Gasteiger partial charge >= 0.3 is 0 Å². The van der Waals surface area contributed by atoms with Crippen LogP contribution in [0.25, 0.3) is 78.6 Å². The van der Waals surface area contributed by atoms with Crippen molar-refractivity contribution in [1.29, 1.82) is 0 Å². The molecule has 0 N–H and O–H groups in total. The first kappa shape index (κ1) is 28.0. The molecule has 0 atom stereocenters. The van der Waals surface area contributed by atoms with Gasteiger partial charge in [-0.05, 0) is 84.2 Å². The summed E-state index contributed by atoms with van der Waals surface area (Å²) in [7, 11) is 0. The van der Waals surface area contributed by atoms with Gasteiger partial charge in [-0.3, -0.25) is 0 Å². The highest BCUT2D eigenvalue weighted by atomic mass is 32.1. The molecule has 0 saturated carbocycles. The molecule has 3 aromatic heterocycles. The third kappa shape index (κ3) is 4.01. The largest absolute Gasteiger partial charge is 0.310 e. The lowest BCUT2D eigenvalue weighted by atomic mass is 10.0.